The number of thioether (sulfide) groups is 1. The maximum Gasteiger partial charge on any atom is 1.00 e. The second-order valence-corrected chi connectivity index (χ2v) is 3.41. The monoisotopic (exact) mass is 229 g/mol. The third kappa shape index (κ3) is 9.86. The van der Waals surface area contributed by atoms with E-state index in [0.29, 0.717) is 11.8 Å². The van der Waals surface area contributed by atoms with Crippen LogP contribution in [0.15, 0.2) is 0 Å². The minimum atomic E-state index is -1.29. The molecular weight excluding hydrogens is 221 g/mol. The van der Waals surface area contributed by atoms with Gasteiger partial charge in [0.05, 0.1) is 19.1 Å². The molecule has 0 fully saturated rings. The molecule has 1 N–H and O–H groups in total. The summed E-state index contributed by atoms with van der Waals surface area (Å²) >= 11 is 5.26. The van der Waals surface area contributed by atoms with E-state index in [4.69, 9.17) is 0 Å². The first kappa shape index (κ1) is 16.2. The number of carboxylic acid groups (broad SMARTS) is 1. The van der Waals surface area contributed by atoms with Gasteiger partial charge >= 0.3 is 24.2 Å². The van der Waals surface area contributed by atoms with Gasteiger partial charge in [0.2, 0.25) is 0 Å². The molecule has 0 saturated heterocycles. The van der Waals surface area contributed by atoms with Crippen molar-refractivity contribution >= 4 is 39.6 Å². The van der Waals surface area contributed by atoms with Crippen LogP contribution in [0, 0.1) is 0 Å². The van der Waals surface area contributed by atoms with Crippen LogP contribution >= 0.6 is 24.0 Å². The Morgan fingerprint density at radius 2 is 2.14 bits per heavy atom. The van der Waals surface area contributed by atoms with Crippen LogP contribution in [0.5, 0.6) is 0 Å². The van der Waals surface area contributed by atoms with Crippen molar-refractivity contribution < 1.29 is 38.3 Å². The zero-order valence-corrected chi connectivity index (χ0v) is 9.50. The van der Waals surface area contributed by atoms with Crippen LogP contribution < -0.4 is 29.3 Å². The van der Waals surface area contributed by atoms with Crippen molar-refractivity contribution in [1.82, 2.24) is 5.32 Å². The molecule has 14 heavy (non-hydrogen) atoms. The molecule has 0 aromatic rings. The molecule has 0 amide bonds. The van der Waals surface area contributed by atoms with Crippen LogP contribution in [0.1, 0.15) is 6.92 Å². The van der Waals surface area contributed by atoms with Gasteiger partial charge in [0.25, 0.3) is 0 Å². The van der Waals surface area contributed by atoms with Crippen molar-refractivity contribution in [3.63, 3.8) is 0 Å². The molecule has 0 bridgehead atoms. The van der Waals surface area contributed by atoms with Gasteiger partial charge in [-0.25, -0.2) is 4.79 Å². The van der Waals surface area contributed by atoms with Crippen LogP contribution in [-0.2, 0) is 9.53 Å². The number of aliphatic carboxylic acids is 1. The summed E-state index contributed by atoms with van der Waals surface area (Å²) in [5, 5.41) is 11.7. The van der Waals surface area contributed by atoms with Crippen molar-refractivity contribution in [2.45, 2.75) is 6.92 Å². The zero-order valence-electron chi connectivity index (χ0n) is 7.86. The van der Waals surface area contributed by atoms with Gasteiger partial charge in [-0.3, -0.25) is 0 Å². The Hall–Kier alpha value is -0.223. The topological polar surface area (TPSA) is 78.5 Å². The summed E-state index contributed by atoms with van der Waals surface area (Å²) in [6.45, 7) is 1.51. The Morgan fingerprint density at radius 1 is 1.57 bits per heavy atom. The SMILES string of the molecule is CCOC(=O)SC(=S)NCC(=O)[O-].[Li+]. The summed E-state index contributed by atoms with van der Waals surface area (Å²) in [7, 11) is 0. The molecule has 0 unspecified atom stereocenters. The predicted molar refractivity (Wildman–Crippen MR) is 50.2 cm³/mol. The molecule has 0 aliphatic heterocycles. The summed E-state index contributed by atoms with van der Waals surface area (Å²) in [6.07, 6.45) is 0. The van der Waals surface area contributed by atoms with E-state index in [1.807, 2.05) is 0 Å². The van der Waals surface area contributed by atoms with Crippen molar-refractivity contribution in [2.24, 2.45) is 0 Å². The molecular formula is C6H8LiNO4S2. The average molecular weight is 229 g/mol. The molecule has 74 valence electrons. The van der Waals surface area contributed by atoms with Gasteiger partial charge in [0, 0.05) is 11.8 Å². The molecule has 0 heterocycles. The van der Waals surface area contributed by atoms with Crippen LogP contribution in [0.3, 0.4) is 0 Å². The number of carbonyl (C=O) groups excluding carboxylic acids is 2. The Balaban J connectivity index is 0. The minimum absolute atomic E-state index is 0. The van der Waals surface area contributed by atoms with Gasteiger partial charge in [-0.1, -0.05) is 12.2 Å². The number of carboxylic acids is 1. The fourth-order valence-corrected chi connectivity index (χ4v) is 1.15. The van der Waals surface area contributed by atoms with Gasteiger partial charge in [-0.2, -0.15) is 0 Å². The number of nitrogens with one attached hydrogen (secondary N) is 1. The molecule has 0 rings (SSSR count). The summed E-state index contributed by atoms with van der Waals surface area (Å²) in [6, 6.07) is 0. The number of hydrogen-bond donors (Lipinski definition) is 1. The first-order chi connectivity index (χ1) is 6.06. The molecule has 0 aromatic heterocycles. The summed E-state index contributed by atoms with van der Waals surface area (Å²) in [5.74, 6) is -1.29. The standard InChI is InChI=1S/C6H9NO4S2.Li/c1-2-11-6(10)13-5(12)7-3-4(8)9;/h2-3H2,1H3,(H,7,12)(H,8,9);/q;+1/p-1. The number of hydrogen-bond acceptors (Lipinski definition) is 6. The largest absolute Gasteiger partial charge is 1.00 e. The Morgan fingerprint density at radius 3 is 2.57 bits per heavy atom. The van der Waals surface area contributed by atoms with Crippen molar-refractivity contribution in [3.05, 3.63) is 0 Å². The van der Waals surface area contributed by atoms with Crippen LogP contribution in [0.25, 0.3) is 0 Å². The molecule has 0 spiro atoms. The molecule has 8 heteroatoms. The molecule has 0 saturated carbocycles. The molecule has 0 atom stereocenters. The Bertz CT molecular complexity index is 224. The van der Waals surface area contributed by atoms with E-state index in [0.717, 1.165) is 0 Å². The van der Waals surface area contributed by atoms with Gasteiger partial charge in [0.1, 0.15) is 4.32 Å². The van der Waals surface area contributed by atoms with Crippen LogP contribution in [0.2, 0.25) is 0 Å². The van der Waals surface area contributed by atoms with Gasteiger partial charge < -0.3 is 20.0 Å². The molecule has 0 aliphatic rings. The number of rotatable bonds is 3. The molecule has 5 nitrogen and oxygen atoms in total. The third-order valence-electron chi connectivity index (χ3n) is 0.815. The van der Waals surface area contributed by atoms with Gasteiger partial charge in [-0.15, -0.1) is 0 Å². The van der Waals surface area contributed by atoms with E-state index in [1.54, 1.807) is 6.92 Å². The number of ether oxygens (including phenoxy) is 1. The Kier molecular flexibility index (Phi) is 10.8. The summed E-state index contributed by atoms with van der Waals surface area (Å²) in [5.41, 5.74) is 0. The third-order valence-corrected chi connectivity index (χ3v) is 1.82. The molecule has 0 radical (unpaired) electrons. The maximum absolute atomic E-state index is 10.7. The summed E-state index contributed by atoms with van der Waals surface area (Å²) in [4.78, 5) is 20.7. The van der Waals surface area contributed by atoms with Crippen LogP contribution in [-0.4, -0.2) is 28.7 Å². The molecule has 0 aromatic carbocycles. The normalized spacial score (nSPS) is 8.36. The second-order valence-electron chi connectivity index (χ2n) is 1.80. The van der Waals surface area contributed by atoms with Crippen LogP contribution in [0.4, 0.5) is 4.79 Å². The first-order valence-corrected chi connectivity index (χ1v) is 4.61. The van der Waals surface area contributed by atoms with E-state index in [-0.39, 0.29) is 29.8 Å². The maximum atomic E-state index is 10.7. The van der Waals surface area contributed by atoms with Crippen molar-refractivity contribution in [3.8, 4) is 0 Å². The predicted octanol–water partition coefficient (Wildman–Crippen LogP) is -3.50. The molecule has 0 aliphatic carbocycles. The van der Waals surface area contributed by atoms with Gasteiger partial charge in [-0.05, 0) is 6.92 Å². The van der Waals surface area contributed by atoms with E-state index >= 15 is 0 Å². The van der Waals surface area contributed by atoms with Gasteiger partial charge in [0.15, 0.2) is 0 Å². The quantitative estimate of drug-likeness (QED) is 0.305. The minimum Gasteiger partial charge on any atom is -0.548 e. The summed E-state index contributed by atoms with van der Waals surface area (Å²) < 4.78 is 4.61. The first-order valence-electron chi connectivity index (χ1n) is 3.38. The van der Waals surface area contributed by atoms with E-state index < -0.39 is 17.8 Å². The Labute approximate surface area is 103 Å². The van der Waals surface area contributed by atoms with E-state index in [1.165, 1.54) is 0 Å². The van der Waals surface area contributed by atoms with Crippen molar-refractivity contribution in [2.75, 3.05) is 13.2 Å². The van der Waals surface area contributed by atoms with Crippen molar-refractivity contribution in [1.29, 1.82) is 0 Å². The fraction of sp³-hybridized carbons (Fsp3) is 0.500. The van der Waals surface area contributed by atoms with E-state index in [2.05, 4.69) is 22.3 Å². The fourth-order valence-electron chi connectivity index (χ4n) is 0.403. The number of thiocarbonyl (C=S) groups is 1. The zero-order chi connectivity index (χ0) is 10.3. The number of carbonyl (C=O) groups is 2. The van der Waals surface area contributed by atoms with E-state index in [9.17, 15) is 14.7 Å². The smallest absolute Gasteiger partial charge is 0.548 e. The average Bonchev–Trinajstić information content (AvgIpc) is 2.01. The second kappa shape index (κ2) is 9.34.